The number of hydrogen-bond donors (Lipinski definition) is 4. The fourth-order valence-corrected chi connectivity index (χ4v) is 4.18. The van der Waals surface area contributed by atoms with Gasteiger partial charge in [-0.3, -0.25) is 20.0 Å². The summed E-state index contributed by atoms with van der Waals surface area (Å²) in [5, 5.41) is 17.4. The van der Waals surface area contributed by atoms with Crippen molar-refractivity contribution in [2.75, 3.05) is 6.29 Å². The normalized spacial score (nSPS) is 15.1. The molecule has 0 aliphatic heterocycles. The van der Waals surface area contributed by atoms with Crippen molar-refractivity contribution < 1.29 is 24.2 Å². The van der Waals surface area contributed by atoms with E-state index < -0.39 is 37.9 Å². The van der Waals surface area contributed by atoms with Crippen molar-refractivity contribution in [1.29, 1.82) is 0 Å². The first-order valence-corrected chi connectivity index (χ1v) is 11.9. The number of carboxylic acid groups (broad SMARTS) is 1. The van der Waals surface area contributed by atoms with Crippen molar-refractivity contribution in [3.63, 3.8) is 0 Å². The molecule has 2 aromatic rings. The van der Waals surface area contributed by atoms with E-state index in [1.165, 1.54) is 0 Å². The maximum Gasteiger partial charge on any atom is 0.320 e. The molecule has 0 radical (unpaired) electrons. The van der Waals surface area contributed by atoms with Crippen LogP contribution in [0.3, 0.4) is 0 Å². The Bertz CT molecular complexity index is 893. The van der Waals surface area contributed by atoms with Crippen LogP contribution in [-0.4, -0.2) is 35.5 Å². The molecule has 31 heavy (non-hydrogen) atoms. The molecule has 3 atom stereocenters. The molecule has 0 fully saturated rings. The van der Waals surface area contributed by atoms with Crippen LogP contribution in [0, 0.1) is 5.92 Å². The Balaban J connectivity index is 2.09. The van der Waals surface area contributed by atoms with Gasteiger partial charge in [0.25, 0.3) is 5.91 Å². The van der Waals surface area contributed by atoms with Crippen LogP contribution in [0.1, 0.15) is 36.2 Å². The van der Waals surface area contributed by atoms with Gasteiger partial charge in [-0.1, -0.05) is 62.4 Å². The Labute approximate surface area is 182 Å². The summed E-state index contributed by atoms with van der Waals surface area (Å²) >= 11 is 0. The molecule has 0 aliphatic carbocycles. The Morgan fingerprint density at radius 1 is 1.03 bits per heavy atom. The number of rotatable bonds is 12. The largest absolute Gasteiger partial charge is 0.787 e. The second kappa shape index (κ2) is 11.8. The van der Waals surface area contributed by atoms with Crippen LogP contribution < -0.4 is 20.6 Å². The number of carbonyl (C=O) groups excluding carboxylic acids is 1. The lowest BCUT2D eigenvalue weighted by molar-refractivity contribution is -0.179. The molecule has 3 unspecified atom stereocenters. The second-order valence-corrected chi connectivity index (χ2v) is 9.68. The summed E-state index contributed by atoms with van der Waals surface area (Å²) in [4.78, 5) is 36.5. The van der Waals surface area contributed by atoms with Gasteiger partial charge in [0, 0.05) is 12.0 Å². The van der Waals surface area contributed by atoms with E-state index in [2.05, 4.69) is 15.7 Å². The van der Waals surface area contributed by atoms with Gasteiger partial charge in [-0.05, 0) is 30.0 Å². The van der Waals surface area contributed by atoms with Crippen molar-refractivity contribution in [3.05, 3.63) is 71.8 Å². The van der Waals surface area contributed by atoms with Crippen LogP contribution in [-0.2, 0) is 15.8 Å². The molecule has 8 nitrogen and oxygen atoms in total. The molecule has 0 bridgehead atoms. The number of aliphatic carboxylic acids is 1. The minimum Gasteiger partial charge on any atom is -0.787 e. The van der Waals surface area contributed by atoms with Crippen LogP contribution in [0.15, 0.2) is 60.7 Å². The minimum absolute atomic E-state index is 0.107. The highest BCUT2D eigenvalue weighted by molar-refractivity contribution is 7.54. The van der Waals surface area contributed by atoms with Crippen molar-refractivity contribution in [2.45, 2.75) is 38.9 Å². The third kappa shape index (κ3) is 9.02. The topological polar surface area (TPSA) is 131 Å². The molecule has 4 N–H and O–H groups in total. The van der Waals surface area contributed by atoms with Crippen LogP contribution in [0.4, 0.5) is 0 Å². The molecule has 0 saturated heterocycles. The Kier molecular flexibility index (Phi) is 9.40. The summed E-state index contributed by atoms with van der Waals surface area (Å²) in [7, 11) is -4.27. The molecular weight excluding hydrogens is 417 g/mol. The van der Waals surface area contributed by atoms with E-state index in [0.717, 1.165) is 5.56 Å². The van der Waals surface area contributed by atoms with E-state index in [1.54, 1.807) is 30.3 Å². The maximum atomic E-state index is 12.7. The number of carboxylic acids is 1. The SMILES string of the molecule is CC(C)CC(NC(Cc1ccccc1)NP(=O)([O-])CNC(=O)c1ccccc1)C(=O)O. The third-order valence-corrected chi connectivity index (χ3v) is 5.81. The fraction of sp³-hybridized carbons (Fsp3) is 0.364. The summed E-state index contributed by atoms with van der Waals surface area (Å²) in [6, 6.07) is 16.5. The molecule has 2 rings (SSSR count). The Morgan fingerprint density at radius 2 is 1.61 bits per heavy atom. The average Bonchev–Trinajstić information content (AvgIpc) is 2.72. The highest BCUT2D eigenvalue weighted by atomic mass is 31.2. The van der Waals surface area contributed by atoms with Gasteiger partial charge in [-0.25, -0.2) is 0 Å². The monoisotopic (exact) mass is 446 g/mol. The quantitative estimate of drug-likeness (QED) is 0.290. The van der Waals surface area contributed by atoms with Gasteiger partial charge in [-0.2, -0.15) is 0 Å². The molecule has 1 amide bonds. The average molecular weight is 446 g/mol. The van der Waals surface area contributed by atoms with Crippen molar-refractivity contribution in [1.82, 2.24) is 15.7 Å². The molecule has 2 aromatic carbocycles. The molecule has 168 valence electrons. The molecular formula is C22H29N3O5P-. The van der Waals surface area contributed by atoms with Crippen molar-refractivity contribution in [3.8, 4) is 0 Å². The van der Waals surface area contributed by atoms with Crippen molar-refractivity contribution in [2.24, 2.45) is 5.92 Å². The van der Waals surface area contributed by atoms with E-state index in [-0.39, 0.29) is 12.3 Å². The summed E-state index contributed by atoms with van der Waals surface area (Å²) in [6.07, 6.45) is -0.855. The highest BCUT2D eigenvalue weighted by Gasteiger charge is 2.25. The van der Waals surface area contributed by atoms with Gasteiger partial charge < -0.3 is 19.9 Å². The predicted molar refractivity (Wildman–Crippen MR) is 117 cm³/mol. The molecule has 0 heterocycles. The lowest BCUT2D eigenvalue weighted by Crippen LogP contribution is -2.52. The zero-order chi connectivity index (χ0) is 22.9. The first-order valence-electron chi connectivity index (χ1n) is 10.1. The van der Waals surface area contributed by atoms with Crippen molar-refractivity contribution >= 4 is 19.4 Å². The van der Waals surface area contributed by atoms with Crippen LogP contribution in [0.2, 0.25) is 0 Å². The smallest absolute Gasteiger partial charge is 0.320 e. The van der Waals surface area contributed by atoms with E-state index in [1.807, 2.05) is 44.2 Å². The Morgan fingerprint density at radius 3 is 2.16 bits per heavy atom. The summed E-state index contributed by atoms with van der Waals surface area (Å²) in [5.74, 6) is -1.45. The standard InChI is InChI=1S/C22H30N3O5P/c1-16(2)13-19(22(27)28)24-20(14-17-9-5-3-6-10-17)25-31(29,30)15-23-21(26)18-11-7-4-8-12-18/h3-12,16,19-20,24H,13-15H2,1-2H3,(H,23,26)(H,27,28)(H2,25,29,30)/p-1. The van der Waals surface area contributed by atoms with Gasteiger partial charge in [0.15, 0.2) is 0 Å². The zero-order valence-corrected chi connectivity index (χ0v) is 18.5. The van der Waals surface area contributed by atoms with Crippen LogP contribution >= 0.6 is 7.52 Å². The molecule has 9 heteroatoms. The molecule has 0 aliphatic rings. The summed E-state index contributed by atoms with van der Waals surface area (Å²) in [5.41, 5.74) is 1.19. The predicted octanol–water partition coefficient (Wildman–Crippen LogP) is 2.17. The van der Waals surface area contributed by atoms with Crippen LogP contribution in [0.5, 0.6) is 0 Å². The maximum absolute atomic E-state index is 12.7. The first-order chi connectivity index (χ1) is 14.7. The molecule has 0 saturated carbocycles. The zero-order valence-electron chi connectivity index (χ0n) is 17.7. The molecule has 0 aromatic heterocycles. The van der Waals surface area contributed by atoms with Gasteiger partial charge in [0.2, 0.25) is 0 Å². The number of nitrogens with one attached hydrogen (secondary N) is 3. The minimum atomic E-state index is -4.27. The number of amides is 1. The van der Waals surface area contributed by atoms with Crippen LogP contribution in [0.25, 0.3) is 0 Å². The van der Waals surface area contributed by atoms with Gasteiger partial charge in [0.05, 0.1) is 20.0 Å². The van der Waals surface area contributed by atoms with Gasteiger partial charge in [0.1, 0.15) is 6.04 Å². The first kappa shape index (κ1) is 24.8. The van der Waals surface area contributed by atoms with E-state index >= 15 is 0 Å². The number of benzene rings is 2. The number of hydrogen-bond acceptors (Lipinski definition) is 5. The third-order valence-electron chi connectivity index (χ3n) is 4.53. The Hall–Kier alpha value is -2.51. The number of carbonyl (C=O) groups is 2. The highest BCUT2D eigenvalue weighted by Crippen LogP contribution is 2.29. The second-order valence-electron chi connectivity index (χ2n) is 7.76. The summed E-state index contributed by atoms with van der Waals surface area (Å²) in [6.45, 7) is 3.80. The fourth-order valence-electron chi connectivity index (χ4n) is 3.10. The van der Waals surface area contributed by atoms with E-state index in [9.17, 15) is 24.2 Å². The van der Waals surface area contributed by atoms with E-state index in [0.29, 0.717) is 12.0 Å². The van der Waals surface area contributed by atoms with E-state index in [4.69, 9.17) is 0 Å². The summed E-state index contributed by atoms with van der Waals surface area (Å²) < 4.78 is 12.7. The lowest BCUT2D eigenvalue weighted by Gasteiger charge is -2.33. The molecule has 0 spiro atoms. The van der Waals surface area contributed by atoms with Gasteiger partial charge in [-0.15, -0.1) is 0 Å². The lowest BCUT2D eigenvalue weighted by atomic mass is 10.0. The van der Waals surface area contributed by atoms with Gasteiger partial charge >= 0.3 is 5.97 Å².